The molecule has 0 radical (unpaired) electrons. The molecule has 0 aliphatic heterocycles. The molecule has 85 heavy (non-hydrogen) atoms. The van der Waals surface area contributed by atoms with Crippen LogP contribution in [0.15, 0.2) is 0 Å². The fourth-order valence-electron chi connectivity index (χ4n) is 0.899. The van der Waals surface area contributed by atoms with E-state index in [1.165, 1.54) is 0 Å². The van der Waals surface area contributed by atoms with E-state index in [4.69, 9.17) is 104 Å². The van der Waals surface area contributed by atoms with Gasteiger partial charge in [-0.05, 0) is 0 Å². The van der Waals surface area contributed by atoms with E-state index in [9.17, 15) is 95.9 Å². The van der Waals surface area contributed by atoms with E-state index in [0.717, 1.165) is 0 Å². The third kappa shape index (κ3) is 153. The second-order valence-corrected chi connectivity index (χ2v) is 7.09. The number of carbonyl (C=O) groups is 20. The first-order chi connectivity index (χ1) is 36.6. The molecule has 0 aromatic rings. The van der Waals surface area contributed by atoms with Gasteiger partial charge in [-0.1, -0.05) is 0 Å². The van der Waals surface area contributed by atoms with E-state index in [1.807, 2.05) is 0 Å². The van der Waals surface area contributed by atoms with Crippen LogP contribution in [0.5, 0.6) is 0 Å². The number of ether oxygens (including phenoxy) is 10. The van der Waals surface area contributed by atoms with Crippen molar-refractivity contribution in [3.63, 3.8) is 0 Å². The van der Waals surface area contributed by atoms with Gasteiger partial charge in [0, 0.05) is 97.4 Å². The minimum Gasteiger partial charge on any atom is -0.449 e. The van der Waals surface area contributed by atoms with Crippen LogP contribution in [0.4, 0.5) is 95.9 Å². The zero-order valence-electron chi connectivity index (χ0n) is 38.8. The molecule has 470 valence electrons. The molecule has 0 fully saturated rings. The third-order valence-corrected chi connectivity index (χ3v) is 2.45. The third-order valence-electron chi connectivity index (χ3n) is 2.45. The minimum absolute atomic E-state index is 0. The van der Waals surface area contributed by atoms with Crippen molar-refractivity contribution in [1.29, 1.82) is 0 Å². The summed E-state index contributed by atoms with van der Waals surface area (Å²) in [5.74, 6) is 0. The number of hydrogen-bond acceptors (Lipinski definition) is 50. The van der Waals surface area contributed by atoms with Gasteiger partial charge in [0.05, 0.1) is 0 Å². The number of carboxylic acid groups (broad SMARTS) is 10. The van der Waals surface area contributed by atoms with Crippen LogP contribution in [0.1, 0.15) is 0 Å². The molecule has 0 aliphatic rings. The van der Waals surface area contributed by atoms with Gasteiger partial charge in [0.25, 0.3) is 0 Å². The van der Waals surface area contributed by atoms with Gasteiger partial charge in [-0.15, -0.1) is 0 Å². The predicted octanol–water partition coefficient (Wildman–Crippen LogP) is 2.89. The van der Waals surface area contributed by atoms with Gasteiger partial charge in [0.2, 0.25) is 0 Å². The Balaban J connectivity index is -0.0000000490. The summed E-state index contributed by atoms with van der Waals surface area (Å²) in [6, 6.07) is 0. The summed E-state index contributed by atoms with van der Waals surface area (Å²) in [7, 11) is 0. The Morgan fingerprint density at radius 1 is 0.141 bits per heavy atom. The minimum atomic E-state index is -1.83. The quantitative estimate of drug-likeness (QED) is 0.0414. The predicted molar refractivity (Wildman–Crippen MR) is 182 cm³/mol. The topological polar surface area (TPSA) is 931 Å². The van der Waals surface area contributed by atoms with Crippen LogP contribution in [0.3, 0.4) is 0 Å². The van der Waals surface area contributed by atoms with Crippen molar-refractivity contribution < 1.29 is 393 Å². The van der Waals surface area contributed by atoms with Gasteiger partial charge in [0.1, 0.15) is 0 Å². The summed E-state index contributed by atoms with van der Waals surface area (Å²) >= 11 is 0. The van der Waals surface area contributed by atoms with Crippen molar-refractivity contribution >= 4 is 123 Å². The Hall–Kier alpha value is -9.88. The largest absolute Gasteiger partial charge is 0.550 e. The Morgan fingerprint density at radius 2 is 0.188 bits per heavy atom. The first-order valence-electron chi connectivity index (χ1n) is 14.3. The summed E-state index contributed by atoms with van der Waals surface area (Å²) in [4.78, 5) is 217. The molecule has 60 nitrogen and oxygen atoms in total. The van der Waals surface area contributed by atoms with E-state index in [-0.39, 0.29) is 97.4 Å². The van der Waals surface area contributed by atoms with E-state index >= 15 is 0 Å². The van der Waals surface area contributed by atoms with Gasteiger partial charge in [-0.3, -0.25) is 48.9 Å². The van der Waals surface area contributed by atoms with Crippen LogP contribution < -0.4 is 0 Å². The second-order valence-electron chi connectivity index (χ2n) is 7.09. The van der Waals surface area contributed by atoms with Crippen LogP contribution >= 0.6 is 0 Å². The zero-order chi connectivity index (χ0) is 65.7. The van der Waals surface area contributed by atoms with Crippen molar-refractivity contribution in [1.82, 2.24) is 0 Å². The van der Waals surface area contributed by atoms with Crippen molar-refractivity contribution in [3.05, 3.63) is 0 Å². The molecule has 0 aromatic carbocycles. The molecule has 0 bridgehead atoms. The van der Waals surface area contributed by atoms with Crippen LogP contribution in [-0.4, -0.2) is 227 Å². The average molecular weight is 1550 g/mol. The van der Waals surface area contributed by atoms with E-state index < -0.39 is 123 Å². The molecule has 65 heteroatoms. The van der Waals surface area contributed by atoms with Crippen LogP contribution in [0.25, 0.3) is 0 Å². The van der Waals surface area contributed by atoms with Gasteiger partial charge in [0.15, 0.2) is 0 Å². The molecular weight excluding hydrogens is 1530 g/mol. The zero-order valence-corrected chi connectivity index (χ0v) is 53.6. The summed E-state index contributed by atoms with van der Waals surface area (Å²) in [6.45, 7) is 0. The number of carbonyl (C=O) groups excluding carboxylic acids is 10. The van der Waals surface area contributed by atoms with Crippen LogP contribution in [0, 0.1) is 0 Å². The first kappa shape index (κ1) is 114. The van der Waals surface area contributed by atoms with Gasteiger partial charge in [-0.2, -0.15) is 52.6 Å². The summed E-state index contributed by atoms with van der Waals surface area (Å²) in [5.41, 5.74) is 0. The van der Waals surface area contributed by atoms with Crippen LogP contribution in [0.2, 0.25) is 0 Å². The molecule has 0 spiro atoms. The van der Waals surface area contributed by atoms with Crippen molar-refractivity contribution in [2.45, 2.75) is 0 Å². The van der Waals surface area contributed by atoms with Crippen molar-refractivity contribution in [2.75, 3.05) is 0 Å². The fourth-order valence-corrected chi connectivity index (χ4v) is 0.899. The summed E-state index contributed by atoms with van der Waals surface area (Å²) < 4.78 is 32.0. The SMILES string of the molecule is O=C(O)OC(=O)OO.O=C(O)OC(=O)OO.O=C(O)OC(=O)OO.O=C(O)OC(=O)OO.O=C(O)OC(=O)OO.O=C(O)OC(=O)OO.O=C(O)OC(=O)OO.O=C(O)OC(=O)OO.O=C(O)OC(=O)OO.O=C(O)OC(=O)OO.[Zn].[Zn].[Zn].[Zn].[Zn]. The van der Waals surface area contributed by atoms with Gasteiger partial charge < -0.3 is 98.4 Å². The maximum Gasteiger partial charge on any atom is 0.550 e. The Kier molecular flexibility index (Phi) is 108. The smallest absolute Gasteiger partial charge is 0.449 e. The molecule has 0 rings (SSSR count). The van der Waals surface area contributed by atoms with Crippen molar-refractivity contribution in [3.8, 4) is 0 Å². The summed E-state index contributed by atoms with van der Waals surface area (Å²) in [5, 5.41) is 149. The molecule has 0 saturated carbocycles. The fraction of sp³-hybridized carbons (Fsp3) is 0. The molecule has 0 aliphatic carbocycles. The second kappa shape index (κ2) is 80.6. The van der Waals surface area contributed by atoms with E-state index in [2.05, 4.69) is 96.2 Å². The Morgan fingerprint density at radius 3 is 0.200 bits per heavy atom. The van der Waals surface area contributed by atoms with Gasteiger partial charge >= 0.3 is 123 Å². The summed E-state index contributed by atoms with van der Waals surface area (Å²) in [6.07, 6.45) is -35.0. The normalized spacial score (nSPS) is 7.18. The average Bonchev–Trinajstić information content (AvgIpc) is 3.33. The van der Waals surface area contributed by atoms with Crippen molar-refractivity contribution in [2.24, 2.45) is 0 Å². The maximum atomic E-state index is 9.55. The molecule has 0 aromatic heterocycles. The number of hydrogen-bond donors (Lipinski definition) is 20. The number of rotatable bonds is 0. The van der Waals surface area contributed by atoms with Gasteiger partial charge in [-0.25, -0.2) is 95.9 Å². The van der Waals surface area contributed by atoms with E-state index in [1.54, 1.807) is 0 Å². The molecule has 20 N–H and O–H groups in total. The first-order valence-corrected chi connectivity index (χ1v) is 14.3. The molecule has 0 saturated heterocycles. The molecular formula is C20H20O60Zn5. The standard InChI is InChI=1S/10C2H2O6.5Zn/c10*3-1(4)7-2(5)8-6;;;;;/h10*6H,(H,3,4);;;;;. The van der Waals surface area contributed by atoms with Crippen LogP contribution in [-0.2, 0) is 194 Å². The monoisotopic (exact) mass is 1540 g/mol. The Bertz CT molecular complexity index is 1540. The molecule has 0 heterocycles. The molecule has 0 unspecified atom stereocenters. The molecule has 0 amide bonds. The molecule has 0 atom stereocenters. The maximum absolute atomic E-state index is 9.55. The Labute approximate surface area is 514 Å². The van der Waals surface area contributed by atoms with E-state index in [0.29, 0.717) is 0 Å².